The van der Waals surface area contributed by atoms with E-state index in [0.29, 0.717) is 42.5 Å². The summed E-state index contributed by atoms with van der Waals surface area (Å²) < 4.78 is 11.5. The molecule has 2 atom stereocenters. The van der Waals surface area contributed by atoms with Crippen LogP contribution in [0.5, 0.6) is 5.75 Å². The molecular weight excluding hydrogens is 446 g/mol. The minimum atomic E-state index is -0.761. The van der Waals surface area contributed by atoms with Gasteiger partial charge in [0.1, 0.15) is 11.4 Å². The molecule has 5 rings (SSSR count). The number of aryl methyl sites for hydroxylation is 1. The molecule has 3 aromatic heterocycles. The number of hydrogen-bond acceptors (Lipinski definition) is 8. The lowest BCUT2D eigenvalue weighted by atomic mass is 10.1. The maximum absolute atomic E-state index is 11.2. The molecule has 1 aromatic carbocycles. The molecule has 1 aliphatic carbocycles. The first-order valence-electron chi connectivity index (χ1n) is 11.5. The quantitative estimate of drug-likeness (QED) is 0.375. The van der Waals surface area contributed by atoms with Gasteiger partial charge in [-0.25, -0.2) is 15.0 Å². The number of carboxylic acids is 1. The maximum Gasteiger partial charge on any atom is 0.306 e. The molecule has 9 heteroatoms. The van der Waals surface area contributed by atoms with Crippen LogP contribution in [0.2, 0.25) is 0 Å². The monoisotopic (exact) mass is 471 g/mol. The van der Waals surface area contributed by atoms with Crippen molar-refractivity contribution in [2.75, 3.05) is 5.32 Å². The number of hydrogen-bond donors (Lipinski definition) is 2. The topological polar surface area (TPSA) is 123 Å². The Morgan fingerprint density at radius 3 is 2.71 bits per heavy atom. The van der Waals surface area contributed by atoms with Gasteiger partial charge in [0, 0.05) is 23.9 Å². The molecule has 1 fully saturated rings. The van der Waals surface area contributed by atoms with Crippen molar-refractivity contribution >= 4 is 11.9 Å². The number of carboxylic acid groups (broad SMARTS) is 1. The van der Waals surface area contributed by atoms with Crippen molar-refractivity contribution in [3.63, 3.8) is 0 Å². The summed E-state index contributed by atoms with van der Waals surface area (Å²) in [5.41, 5.74) is 4.09. The Morgan fingerprint density at radius 1 is 1.11 bits per heavy atom. The highest BCUT2D eigenvalue weighted by Crippen LogP contribution is 2.31. The molecule has 178 valence electrons. The van der Waals surface area contributed by atoms with Gasteiger partial charge < -0.3 is 19.7 Å². The van der Waals surface area contributed by atoms with Gasteiger partial charge in [-0.2, -0.15) is 0 Å². The van der Waals surface area contributed by atoms with Crippen molar-refractivity contribution in [2.45, 2.75) is 38.8 Å². The molecule has 2 unspecified atom stereocenters. The highest BCUT2D eigenvalue weighted by Gasteiger charge is 2.31. The van der Waals surface area contributed by atoms with Crippen molar-refractivity contribution < 1.29 is 19.2 Å². The van der Waals surface area contributed by atoms with E-state index in [9.17, 15) is 9.90 Å². The van der Waals surface area contributed by atoms with Gasteiger partial charge in [-0.3, -0.25) is 4.79 Å². The van der Waals surface area contributed by atoms with E-state index >= 15 is 0 Å². The Hall–Kier alpha value is -4.27. The van der Waals surface area contributed by atoms with Gasteiger partial charge in [-0.15, -0.1) is 0 Å². The fourth-order valence-corrected chi connectivity index (χ4v) is 4.23. The molecule has 0 amide bonds. The Labute approximate surface area is 202 Å². The fourth-order valence-electron chi connectivity index (χ4n) is 4.23. The zero-order valence-electron chi connectivity index (χ0n) is 19.2. The molecule has 2 N–H and O–H groups in total. The largest absolute Gasteiger partial charge is 0.489 e. The van der Waals surface area contributed by atoms with Crippen LogP contribution < -0.4 is 10.1 Å². The number of nitrogens with one attached hydrogen (secondary N) is 1. The summed E-state index contributed by atoms with van der Waals surface area (Å²) in [6.45, 7) is 2.29. The van der Waals surface area contributed by atoms with E-state index in [1.54, 1.807) is 12.4 Å². The Bertz CT molecular complexity index is 1310. The SMILES string of the molecule is Cc1noc(-c2ccc(OC3CCC(C(=O)O)C3)cn2)c1CNc1nccc(-c2ccccc2)n1. The third-order valence-electron chi connectivity index (χ3n) is 6.14. The standard InChI is InChI=1S/C26H25N5O4/c1-16-21(15-29-26-27-12-11-22(30-26)17-5-3-2-4-6-17)24(35-31-16)23-10-9-20(14-28-23)34-19-8-7-18(13-19)25(32)33/h2-6,9-12,14,18-19H,7-8,13,15H2,1H3,(H,32,33)(H,27,29,30). The Balaban J connectivity index is 1.26. The zero-order valence-corrected chi connectivity index (χ0v) is 19.2. The van der Waals surface area contributed by atoms with Gasteiger partial charge in [-0.05, 0) is 44.4 Å². The van der Waals surface area contributed by atoms with Crippen LogP contribution in [-0.2, 0) is 11.3 Å². The number of rotatable bonds is 8. The second kappa shape index (κ2) is 9.92. The van der Waals surface area contributed by atoms with Gasteiger partial charge in [0.05, 0.1) is 29.6 Å². The maximum atomic E-state index is 11.2. The van der Waals surface area contributed by atoms with Gasteiger partial charge in [-0.1, -0.05) is 35.5 Å². The van der Waals surface area contributed by atoms with Crippen LogP contribution in [0, 0.1) is 12.8 Å². The molecule has 0 saturated heterocycles. The second-order valence-corrected chi connectivity index (χ2v) is 8.53. The van der Waals surface area contributed by atoms with Crippen LogP contribution in [0.15, 0.2) is 65.4 Å². The summed E-state index contributed by atoms with van der Waals surface area (Å²) in [6, 6.07) is 15.4. The minimum Gasteiger partial charge on any atom is -0.489 e. The van der Waals surface area contributed by atoms with Crippen molar-refractivity contribution in [3.8, 4) is 28.5 Å². The van der Waals surface area contributed by atoms with Gasteiger partial charge >= 0.3 is 5.97 Å². The molecular formula is C26H25N5O4. The predicted octanol–water partition coefficient (Wildman–Crippen LogP) is 4.75. The van der Waals surface area contributed by atoms with Crippen molar-refractivity contribution in [2.24, 2.45) is 5.92 Å². The highest BCUT2D eigenvalue weighted by atomic mass is 16.5. The normalized spacial score (nSPS) is 17.3. The second-order valence-electron chi connectivity index (χ2n) is 8.53. The van der Waals surface area contributed by atoms with Crippen LogP contribution in [0.1, 0.15) is 30.5 Å². The number of carbonyl (C=O) groups is 1. The average Bonchev–Trinajstić information content (AvgIpc) is 3.51. The molecule has 0 radical (unpaired) electrons. The summed E-state index contributed by atoms with van der Waals surface area (Å²) in [7, 11) is 0. The lowest BCUT2D eigenvalue weighted by Crippen LogP contribution is -2.15. The smallest absolute Gasteiger partial charge is 0.306 e. The third kappa shape index (κ3) is 5.13. The molecule has 0 spiro atoms. The third-order valence-corrected chi connectivity index (χ3v) is 6.14. The zero-order chi connectivity index (χ0) is 24.2. The Morgan fingerprint density at radius 2 is 1.97 bits per heavy atom. The number of aromatic nitrogens is 4. The van der Waals surface area contributed by atoms with E-state index in [2.05, 4.69) is 25.4 Å². The summed E-state index contributed by atoms with van der Waals surface area (Å²) in [5.74, 6) is 0.575. The van der Waals surface area contributed by atoms with Crippen molar-refractivity contribution in [1.82, 2.24) is 20.1 Å². The van der Waals surface area contributed by atoms with E-state index in [0.717, 1.165) is 28.9 Å². The highest BCUT2D eigenvalue weighted by molar-refractivity contribution is 5.70. The van der Waals surface area contributed by atoms with Crippen LogP contribution in [0.4, 0.5) is 5.95 Å². The van der Waals surface area contributed by atoms with Crippen LogP contribution in [0.3, 0.4) is 0 Å². The molecule has 1 saturated carbocycles. The first-order chi connectivity index (χ1) is 17.1. The number of pyridine rings is 1. The van der Waals surface area contributed by atoms with E-state index in [1.165, 1.54) is 0 Å². The fraction of sp³-hybridized carbons (Fsp3) is 0.269. The Kier molecular flexibility index (Phi) is 6.38. The molecule has 0 aliphatic heterocycles. The number of benzene rings is 1. The van der Waals surface area contributed by atoms with E-state index in [4.69, 9.17) is 9.26 Å². The molecule has 3 heterocycles. The molecule has 9 nitrogen and oxygen atoms in total. The van der Waals surface area contributed by atoms with Gasteiger partial charge in [0.2, 0.25) is 5.95 Å². The van der Waals surface area contributed by atoms with Crippen molar-refractivity contribution in [1.29, 1.82) is 0 Å². The molecule has 1 aliphatic rings. The van der Waals surface area contributed by atoms with Crippen LogP contribution in [0.25, 0.3) is 22.7 Å². The number of aliphatic carboxylic acids is 1. The molecule has 0 bridgehead atoms. The summed E-state index contributed by atoms with van der Waals surface area (Å²) >= 11 is 0. The lowest BCUT2D eigenvalue weighted by molar-refractivity contribution is -0.141. The van der Waals surface area contributed by atoms with E-state index in [-0.39, 0.29) is 12.0 Å². The van der Waals surface area contributed by atoms with Crippen LogP contribution >= 0.6 is 0 Å². The van der Waals surface area contributed by atoms with E-state index in [1.807, 2.05) is 55.5 Å². The minimum absolute atomic E-state index is 0.109. The van der Waals surface area contributed by atoms with Gasteiger partial charge in [0.25, 0.3) is 0 Å². The summed E-state index contributed by atoms with van der Waals surface area (Å²) in [5, 5.41) is 16.5. The summed E-state index contributed by atoms with van der Waals surface area (Å²) in [6.07, 6.45) is 5.12. The van der Waals surface area contributed by atoms with Crippen molar-refractivity contribution in [3.05, 3.63) is 72.2 Å². The number of anilines is 1. The summed E-state index contributed by atoms with van der Waals surface area (Å²) in [4.78, 5) is 24.6. The first-order valence-corrected chi connectivity index (χ1v) is 11.5. The molecule has 4 aromatic rings. The van der Waals surface area contributed by atoms with Gasteiger partial charge in [0.15, 0.2) is 5.76 Å². The lowest BCUT2D eigenvalue weighted by Gasteiger charge is -2.13. The predicted molar refractivity (Wildman–Crippen MR) is 129 cm³/mol. The molecule has 35 heavy (non-hydrogen) atoms. The number of ether oxygens (including phenoxy) is 1. The van der Waals surface area contributed by atoms with Crippen LogP contribution in [-0.4, -0.2) is 37.3 Å². The first kappa shape index (κ1) is 22.5. The number of nitrogens with zero attached hydrogens (tertiary/aromatic N) is 4. The van der Waals surface area contributed by atoms with E-state index < -0.39 is 5.97 Å². The average molecular weight is 472 g/mol.